The number of aromatic nitrogens is 3. The monoisotopic (exact) mass is 475 g/mol. The van der Waals surface area contributed by atoms with Crippen LogP contribution < -0.4 is 4.74 Å². The highest BCUT2D eigenvalue weighted by Gasteiger charge is 2.24. The maximum Gasteiger partial charge on any atom is 0.232 e. The molecule has 3 heterocycles. The third kappa shape index (κ3) is 4.90. The van der Waals surface area contributed by atoms with Gasteiger partial charge >= 0.3 is 0 Å². The molecule has 0 amide bonds. The van der Waals surface area contributed by atoms with Crippen LogP contribution in [0.2, 0.25) is 0 Å². The molecule has 0 aliphatic carbocycles. The van der Waals surface area contributed by atoms with Gasteiger partial charge in [-0.05, 0) is 43.0 Å². The first kappa shape index (κ1) is 25.1. The average molecular weight is 476 g/mol. The van der Waals surface area contributed by atoms with E-state index in [0.29, 0.717) is 19.6 Å². The zero-order valence-corrected chi connectivity index (χ0v) is 21.2. The Bertz CT molecular complexity index is 1240. The van der Waals surface area contributed by atoms with E-state index in [1.165, 1.54) is 7.11 Å². The Kier molecular flexibility index (Phi) is 7.76. The molecule has 8 nitrogen and oxygen atoms in total. The number of sulfone groups is 1. The number of pyridine rings is 2. The van der Waals surface area contributed by atoms with Crippen LogP contribution >= 0.6 is 0 Å². The maximum atomic E-state index is 12.5. The normalized spacial score (nSPS) is 12.1. The molecular formula is C24H33N3O5S. The molecule has 3 aromatic rings. The van der Waals surface area contributed by atoms with Crippen LogP contribution in [0.1, 0.15) is 36.7 Å². The van der Waals surface area contributed by atoms with Gasteiger partial charge in [0.25, 0.3) is 0 Å². The molecule has 9 heteroatoms. The molecule has 0 spiro atoms. The minimum atomic E-state index is -3.54. The maximum absolute atomic E-state index is 12.5. The summed E-state index contributed by atoms with van der Waals surface area (Å²) in [5, 5.41) is 0. The summed E-state index contributed by atoms with van der Waals surface area (Å²) in [5.41, 5.74) is 6.10. The number of hydrogen-bond acceptors (Lipinski definition) is 7. The van der Waals surface area contributed by atoms with Gasteiger partial charge in [0.1, 0.15) is 4.90 Å². The topological polar surface area (TPSA) is 92.5 Å². The van der Waals surface area contributed by atoms with Crippen LogP contribution in [0.15, 0.2) is 23.2 Å². The Labute approximate surface area is 195 Å². The molecule has 0 aromatic carbocycles. The van der Waals surface area contributed by atoms with Crippen LogP contribution in [0.5, 0.6) is 5.88 Å². The number of fused-ring (bicyclic) bond motifs is 1. The van der Waals surface area contributed by atoms with Crippen LogP contribution in [0.3, 0.4) is 0 Å². The van der Waals surface area contributed by atoms with E-state index >= 15 is 0 Å². The fraction of sp³-hybridized carbons (Fsp3) is 0.500. The molecule has 33 heavy (non-hydrogen) atoms. The van der Waals surface area contributed by atoms with Gasteiger partial charge in [-0.3, -0.25) is 0 Å². The van der Waals surface area contributed by atoms with Crippen molar-refractivity contribution in [3.8, 4) is 17.1 Å². The van der Waals surface area contributed by atoms with Crippen LogP contribution in [0.25, 0.3) is 22.3 Å². The molecule has 0 aliphatic rings. The second kappa shape index (κ2) is 10.2. The number of methoxy groups -OCH3 is 3. The Hall–Kier alpha value is -2.49. The number of nitrogens with zero attached hydrogens (tertiary/aromatic N) is 3. The molecule has 0 N–H and O–H groups in total. The standard InChI is InChI=1S/C24H33N3O5S/c1-8-16-10-20-22(15(3)12-27(20)17(13-30-4)14-31-5)26-23(16)18-11-21(33(7,28)29)24(32-6)25-19(18)9-2/h10-12,17H,8-9,13-14H2,1-7H3. The number of aryl methyl sites for hydroxylation is 3. The third-order valence-corrected chi connectivity index (χ3v) is 6.87. The second-order valence-electron chi connectivity index (χ2n) is 8.12. The van der Waals surface area contributed by atoms with Crippen LogP contribution in [-0.4, -0.2) is 63.8 Å². The molecule has 0 fully saturated rings. The predicted octanol–water partition coefficient (Wildman–Crippen LogP) is 3.78. The Morgan fingerprint density at radius 3 is 2.21 bits per heavy atom. The van der Waals surface area contributed by atoms with Crippen LogP contribution in [-0.2, 0) is 32.2 Å². The summed E-state index contributed by atoms with van der Waals surface area (Å²) < 4.78 is 43.2. The summed E-state index contributed by atoms with van der Waals surface area (Å²) in [4.78, 5) is 9.65. The molecule has 0 saturated heterocycles. The van der Waals surface area contributed by atoms with Gasteiger partial charge in [0.15, 0.2) is 9.84 Å². The van der Waals surface area contributed by atoms with Crippen molar-refractivity contribution in [2.75, 3.05) is 40.8 Å². The first-order valence-corrected chi connectivity index (χ1v) is 12.9. The van der Waals surface area contributed by atoms with Crippen molar-refractivity contribution in [2.24, 2.45) is 0 Å². The molecular weight excluding hydrogens is 442 g/mol. The minimum absolute atomic E-state index is 0.0132. The van der Waals surface area contributed by atoms with E-state index in [2.05, 4.69) is 28.7 Å². The summed E-state index contributed by atoms with van der Waals surface area (Å²) in [7, 11) is 1.25. The summed E-state index contributed by atoms with van der Waals surface area (Å²) in [5.74, 6) is 0.113. The van der Waals surface area contributed by atoms with E-state index < -0.39 is 9.84 Å². The summed E-state index contributed by atoms with van der Waals surface area (Å²) in [6.45, 7) is 7.10. The molecule has 0 saturated carbocycles. The van der Waals surface area contributed by atoms with Crippen molar-refractivity contribution in [2.45, 2.75) is 44.6 Å². The first-order valence-electron chi connectivity index (χ1n) is 11.0. The van der Waals surface area contributed by atoms with Gasteiger partial charge in [-0.25, -0.2) is 18.4 Å². The lowest BCUT2D eigenvalue weighted by atomic mass is 10.0. The molecule has 180 valence electrons. The van der Waals surface area contributed by atoms with Gasteiger partial charge in [0, 0.05) is 32.2 Å². The SMILES string of the molecule is CCc1cc2c(nc1-c1cc(S(C)(=O)=O)c(OC)nc1CC)c(C)cn2C(COC)COC. The van der Waals surface area contributed by atoms with E-state index in [-0.39, 0.29) is 16.8 Å². The van der Waals surface area contributed by atoms with E-state index in [1.54, 1.807) is 20.3 Å². The lowest BCUT2D eigenvalue weighted by Gasteiger charge is -2.19. The van der Waals surface area contributed by atoms with Crippen LogP contribution in [0, 0.1) is 6.92 Å². The summed E-state index contributed by atoms with van der Waals surface area (Å²) >= 11 is 0. The van der Waals surface area contributed by atoms with Crippen molar-refractivity contribution in [3.63, 3.8) is 0 Å². The smallest absolute Gasteiger partial charge is 0.232 e. The van der Waals surface area contributed by atoms with E-state index in [4.69, 9.17) is 19.2 Å². The quantitative estimate of drug-likeness (QED) is 0.441. The fourth-order valence-corrected chi connectivity index (χ4v) is 4.95. The van der Waals surface area contributed by atoms with Gasteiger partial charge < -0.3 is 18.8 Å². The Morgan fingerprint density at radius 1 is 1.03 bits per heavy atom. The molecule has 0 aliphatic heterocycles. The molecule has 3 aromatic heterocycles. The molecule has 0 bridgehead atoms. The van der Waals surface area contributed by atoms with E-state index in [9.17, 15) is 8.42 Å². The van der Waals surface area contributed by atoms with Gasteiger partial charge in [0.05, 0.1) is 48.8 Å². The first-order chi connectivity index (χ1) is 15.7. The molecule has 0 unspecified atom stereocenters. The van der Waals surface area contributed by atoms with Crippen molar-refractivity contribution >= 4 is 20.9 Å². The van der Waals surface area contributed by atoms with Gasteiger partial charge in [-0.15, -0.1) is 0 Å². The highest BCUT2D eigenvalue weighted by Crippen LogP contribution is 2.35. The molecule has 0 radical (unpaired) electrons. The third-order valence-electron chi connectivity index (χ3n) is 5.77. The highest BCUT2D eigenvalue weighted by atomic mass is 32.2. The zero-order valence-electron chi connectivity index (χ0n) is 20.4. The fourth-order valence-electron chi connectivity index (χ4n) is 4.17. The lowest BCUT2D eigenvalue weighted by Crippen LogP contribution is -2.19. The second-order valence-corrected chi connectivity index (χ2v) is 10.1. The lowest BCUT2D eigenvalue weighted by molar-refractivity contribution is 0.0913. The van der Waals surface area contributed by atoms with Crippen molar-refractivity contribution < 1.29 is 22.6 Å². The summed E-state index contributed by atoms with van der Waals surface area (Å²) in [6.07, 6.45) is 4.57. The summed E-state index contributed by atoms with van der Waals surface area (Å²) in [6, 6.07) is 3.80. The van der Waals surface area contributed by atoms with Gasteiger partial charge in [-0.1, -0.05) is 13.8 Å². The number of rotatable bonds is 10. The number of ether oxygens (including phenoxy) is 3. The Balaban J connectivity index is 2.32. The number of hydrogen-bond donors (Lipinski definition) is 0. The van der Waals surface area contributed by atoms with E-state index in [0.717, 1.165) is 51.8 Å². The largest absolute Gasteiger partial charge is 0.480 e. The Morgan fingerprint density at radius 2 is 1.70 bits per heavy atom. The van der Waals surface area contributed by atoms with Gasteiger partial charge in [0.2, 0.25) is 5.88 Å². The van der Waals surface area contributed by atoms with E-state index in [1.807, 2.05) is 13.8 Å². The molecule has 0 atom stereocenters. The van der Waals surface area contributed by atoms with Crippen molar-refractivity contribution in [1.82, 2.24) is 14.5 Å². The molecule has 3 rings (SSSR count). The zero-order chi connectivity index (χ0) is 24.3. The predicted molar refractivity (Wildman–Crippen MR) is 129 cm³/mol. The minimum Gasteiger partial charge on any atom is -0.480 e. The average Bonchev–Trinajstić information content (AvgIpc) is 3.11. The van der Waals surface area contributed by atoms with Crippen molar-refractivity contribution in [1.29, 1.82) is 0 Å². The van der Waals surface area contributed by atoms with Crippen molar-refractivity contribution in [3.05, 3.63) is 35.2 Å². The van der Waals surface area contributed by atoms with Gasteiger partial charge in [-0.2, -0.15) is 0 Å². The van der Waals surface area contributed by atoms with Crippen LogP contribution in [0.4, 0.5) is 0 Å². The highest BCUT2D eigenvalue weighted by molar-refractivity contribution is 7.90.